The van der Waals surface area contributed by atoms with Crippen LogP contribution in [0.15, 0.2) is 0 Å². The van der Waals surface area contributed by atoms with Crippen molar-refractivity contribution in [3.05, 3.63) is 0 Å². The predicted octanol–water partition coefficient (Wildman–Crippen LogP) is 3.04. The van der Waals surface area contributed by atoms with Gasteiger partial charge in [-0.05, 0) is 31.6 Å². The molecule has 0 heterocycles. The fourth-order valence-corrected chi connectivity index (χ4v) is 3.02. The Hall–Kier alpha value is -0.240. The predicted molar refractivity (Wildman–Crippen MR) is 66.6 cm³/mol. The molecule has 0 bridgehead atoms. The zero-order valence-electron chi connectivity index (χ0n) is 10.1. The minimum atomic E-state index is 0.226. The molecule has 2 saturated carbocycles. The SMILES string of the molecule is CC(C(=O)N(CCCl)C1CCCC1)C1CC1. The van der Waals surface area contributed by atoms with Crippen molar-refractivity contribution in [2.24, 2.45) is 11.8 Å². The molecule has 2 nitrogen and oxygen atoms in total. The smallest absolute Gasteiger partial charge is 0.225 e. The second-order valence-corrected chi connectivity index (χ2v) is 5.66. The fraction of sp³-hybridized carbons (Fsp3) is 0.923. The van der Waals surface area contributed by atoms with Crippen LogP contribution in [0.4, 0.5) is 0 Å². The maximum Gasteiger partial charge on any atom is 0.225 e. The summed E-state index contributed by atoms with van der Waals surface area (Å²) in [4.78, 5) is 14.4. The highest BCUT2D eigenvalue weighted by atomic mass is 35.5. The third-order valence-electron chi connectivity index (χ3n) is 4.09. The van der Waals surface area contributed by atoms with E-state index in [0.717, 1.165) is 6.54 Å². The molecular weight excluding hydrogens is 222 g/mol. The van der Waals surface area contributed by atoms with E-state index in [-0.39, 0.29) is 5.92 Å². The van der Waals surface area contributed by atoms with Crippen LogP contribution in [0.25, 0.3) is 0 Å². The minimum Gasteiger partial charge on any atom is -0.338 e. The number of carbonyl (C=O) groups is 1. The van der Waals surface area contributed by atoms with Gasteiger partial charge in [0, 0.05) is 24.4 Å². The summed E-state index contributed by atoms with van der Waals surface area (Å²) in [6.07, 6.45) is 7.39. The zero-order chi connectivity index (χ0) is 11.5. The molecule has 92 valence electrons. The lowest BCUT2D eigenvalue weighted by Crippen LogP contribution is -2.43. The van der Waals surface area contributed by atoms with Crippen molar-refractivity contribution >= 4 is 17.5 Å². The first-order valence-corrected chi connectivity index (χ1v) is 7.14. The Morgan fingerprint density at radius 3 is 2.44 bits per heavy atom. The Morgan fingerprint density at radius 1 is 1.31 bits per heavy atom. The minimum absolute atomic E-state index is 0.226. The van der Waals surface area contributed by atoms with E-state index in [1.165, 1.54) is 38.5 Å². The molecule has 16 heavy (non-hydrogen) atoms. The number of hydrogen-bond donors (Lipinski definition) is 0. The molecule has 0 aromatic carbocycles. The topological polar surface area (TPSA) is 20.3 Å². The van der Waals surface area contributed by atoms with Crippen LogP contribution < -0.4 is 0 Å². The Morgan fingerprint density at radius 2 is 1.94 bits per heavy atom. The number of halogens is 1. The van der Waals surface area contributed by atoms with Gasteiger partial charge >= 0.3 is 0 Å². The Labute approximate surface area is 103 Å². The van der Waals surface area contributed by atoms with Gasteiger partial charge < -0.3 is 4.90 Å². The van der Waals surface area contributed by atoms with E-state index in [9.17, 15) is 4.79 Å². The number of amides is 1. The van der Waals surface area contributed by atoms with Crippen LogP contribution in [0.1, 0.15) is 45.4 Å². The van der Waals surface area contributed by atoms with Gasteiger partial charge in [-0.15, -0.1) is 11.6 Å². The van der Waals surface area contributed by atoms with Crippen molar-refractivity contribution in [3.63, 3.8) is 0 Å². The van der Waals surface area contributed by atoms with Gasteiger partial charge in [-0.25, -0.2) is 0 Å². The van der Waals surface area contributed by atoms with Gasteiger partial charge in [-0.2, -0.15) is 0 Å². The Balaban J connectivity index is 1.96. The number of carbonyl (C=O) groups excluding carboxylic acids is 1. The molecule has 0 aliphatic heterocycles. The summed E-state index contributed by atoms with van der Waals surface area (Å²) in [5.74, 6) is 1.81. The monoisotopic (exact) mass is 243 g/mol. The van der Waals surface area contributed by atoms with Gasteiger partial charge in [0.1, 0.15) is 0 Å². The summed E-state index contributed by atoms with van der Waals surface area (Å²) in [6, 6.07) is 0.479. The quantitative estimate of drug-likeness (QED) is 0.680. The molecule has 2 fully saturated rings. The van der Waals surface area contributed by atoms with Crippen LogP contribution in [0.2, 0.25) is 0 Å². The van der Waals surface area contributed by atoms with Gasteiger partial charge in [0.25, 0.3) is 0 Å². The first-order chi connectivity index (χ1) is 7.74. The van der Waals surface area contributed by atoms with Crippen LogP contribution in [-0.2, 0) is 4.79 Å². The van der Waals surface area contributed by atoms with Crippen molar-refractivity contribution in [3.8, 4) is 0 Å². The molecule has 0 aromatic heterocycles. The second kappa shape index (κ2) is 5.39. The fourth-order valence-electron chi connectivity index (χ4n) is 2.84. The van der Waals surface area contributed by atoms with E-state index in [2.05, 4.69) is 11.8 Å². The van der Waals surface area contributed by atoms with Crippen LogP contribution in [0.5, 0.6) is 0 Å². The van der Waals surface area contributed by atoms with Crippen molar-refractivity contribution in [1.82, 2.24) is 4.90 Å². The van der Waals surface area contributed by atoms with Gasteiger partial charge in [0.2, 0.25) is 5.91 Å². The summed E-state index contributed by atoms with van der Waals surface area (Å²) in [6.45, 7) is 2.83. The first kappa shape index (κ1) is 12.2. The standard InChI is InChI=1S/C13H22ClNO/c1-10(11-6-7-11)13(16)15(9-8-14)12-4-2-3-5-12/h10-12H,2-9H2,1H3. The normalized spacial score (nSPS) is 23.4. The van der Waals surface area contributed by atoms with E-state index < -0.39 is 0 Å². The van der Waals surface area contributed by atoms with Crippen LogP contribution in [0, 0.1) is 11.8 Å². The molecule has 2 rings (SSSR count). The highest BCUT2D eigenvalue weighted by Crippen LogP contribution is 2.38. The third-order valence-corrected chi connectivity index (χ3v) is 4.26. The molecule has 3 heteroatoms. The van der Waals surface area contributed by atoms with E-state index in [1.807, 2.05) is 0 Å². The van der Waals surface area contributed by atoms with Crippen molar-refractivity contribution in [2.75, 3.05) is 12.4 Å². The van der Waals surface area contributed by atoms with Crippen molar-refractivity contribution in [1.29, 1.82) is 0 Å². The first-order valence-electron chi connectivity index (χ1n) is 6.60. The second-order valence-electron chi connectivity index (χ2n) is 5.28. The lowest BCUT2D eigenvalue weighted by atomic mass is 10.0. The van der Waals surface area contributed by atoms with Gasteiger partial charge in [-0.3, -0.25) is 4.79 Å². The Kier molecular flexibility index (Phi) is 4.12. The molecule has 0 radical (unpaired) electrons. The summed E-state index contributed by atoms with van der Waals surface area (Å²) in [7, 11) is 0. The molecule has 0 saturated heterocycles. The van der Waals surface area contributed by atoms with E-state index in [4.69, 9.17) is 11.6 Å². The molecule has 2 aliphatic carbocycles. The number of hydrogen-bond acceptors (Lipinski definition) is 1. The maximum absolute atomic E-state index is 12.4. The van der Waals surface area contributed by atoms with Crippen molar-refractivity contribution in [2.45, 2.75) is 51.5 Å². The number of alkyl halides is 1. The molecule has 0 N–H and O–H groups in total. The molecule has 1 amide bonds. The van der Waals surface area contributed by atoms with Gasteiger partial charge in [0.05, 0.1) is 0 Å². The maximum atomic E-state index is 12.4. The summed E-state index contributed by atoms with van der Waals surface area (Å²) >= 11 is 5.82. The summed E-state index contributed by atoms with van der Waals surface area (Å²) in [5.41, 5.74) is 0. The molecule has 0 aromatic rings. The molecule has 1 atom stereocenters. The average Bonchev–Trinajstić information content (AvgIpc) is 3.00. The lowest BCUT2D eigenvalue weighted by Gasteiger charge is -2.31. The van der Waals surface area contributed by atoms with Gasteiger partial charge in [0.15, 0.2) is 0 Å². The molecule has 1 unspecified atom stereocenters. The average molecular weight is 244 g/mol. The molecular formula is C13H22ClNO. The highest BCUT2D eigenvalue weighted by Gasteiger charge is 2.37. The van der Waals surface area contributed by atoms with Crippen LogP contribution in [-0.4, -0.2) is 29.3 Å². The van der Waals surface area contributed by atoms with E-state index in [1.54, 1.807) is 0 Å². The zero-order valence-corrected chi connectivity index (χ0v) is 10.9. The van der Waals surface area contributed by atoms with E-state index in [0.29, 0.717) is 23.7 Å². The number of nitrogens with zero attached hydrogens (tertiary/aromatic N) is 1. The summed E-state index contributed by atoms with van der Waals surface area (Å²) < 4.78 is 0. The van der Waals surface area contributed by atoms with E-state index >= 15 is 0 Å². The third kappa shape index (κ3) is 2.71. The molecule has 0 spiro atoms. The lowest BCUT2D eigenvalue weighted by molar-refractivity contribution is -0.137. The number of rotatable bonds is 5. The Bertz CT molecular complexity index is 246. The molecule has 2 aliphatic rings. The van der Waals surface area contributed by atoms with Crippen LogP contribution >= 0.6 is 11.6 Å². The van der Waals surface area contributed by atoms with Crippen molar-refractivity contribution < 1.29 is 4.79 Å². The summed E-state index contributed by atoms with van der Waals surface area (Å²) in [5, 5.41) is 0. The van der Waals surface area contributed by atoms with Crippen LogP contribution in [0.3, 0.4) is 0 Å². The highest BCUT2D eigenvalue weighted by molar-refractivity contribution is 6.18. The largest absolute Gasteiger partial charge is 0.338 e. The van der Waals surface area contributed by atoms with Gasteiger partial charge in [-0.1, -0.05) is 19.8 Å².